The number of nitrogens with two attached hydrogens (primary N) is 1. The summed E-state index contributed by atoms with van der Waals surface area (Å²) in [5.74, 6) is 0.440. The normalized spacial score (nSPS) is 18.5. The van der Waals surface area contributed by atoms with E-state index in [0.717, 1.165) is 41.6 Å². The summed E-state index contributed by atoms with van der Waals surface area (Å²) in [5, 5.41) is 9.64. The third kappa shape index (κ3) is 4.03. The average molecular weight is 386 g/mol. The number of phenolic OH excluding ortho intramolecular Hbond substituents is 1. The number of β-lactam (4-membered cyclic amide) rings is 1. The molecule has 148 valence electrons. The lowest BCUT2D eigenvalue weighted by Gasteiger charge is -2.47. The van der Waals surface area contributed by atoms with Gasteiger partial charge in [-0.15, -0.1) is 0 Å². The second-order valence-electron chi connectivity index (χ2n) is 7.60. The predicted octanol–water partition coefficient (Wildman–Crippen LogP) is 4.58. The number of nitrogens with zero attached hydrogens (tertiary/aromatic N) is 1. The Labute approximate surface area is 171 Å². The van der Waals surface area contributed by atoms with E-state index >= 15 is 0 Å². The Hall–Kier alpha value is -3.11. The molecule has 0 spiro atoms. The second kappa shape index (κ2) is 8.50. The van der Waals surface area contributed by atoms with Gasteiger partial charge in [-0.2, -0.15) is 0 Å². The Kier molecular flexibility index (Phi) is 5.63. The van der Waals surface area contributed by atoms with Crippen LogP contribution in [0.15, 0.2) is 78.9 Å². The Morgan fingerprint density at radius 1 is 0.897 bits per heavy atom. The highest BCUT2D eigenvalue weighted by atomic mass is 16.3. The topological polar surface area (TPSA) is 66.6 Å². The molecule has 0 bridgehead atoms. The standard InChI is InChI=1S/C25H26N2O2/c26-17-19-12-14-21(15-13-19)27-24(20-8-2-1-3-9-20)23(25(27)29)11-5-7-18-6-4-10-22(28)16-18/h1-4,6,8-10,12-16,23-24,28H,5,7,11,17,26H2. The molecule has 3 aromatic carbocycles. The first-order valence-corrected chi connectivity index (χ1v) is 10.1. The number of aryl methyl sites for hydroxylation is 1. The quantitative estimate of drug-likeness (QED) is 0.584. The summed E-state index contributed by atoms with van der Waals surface area (Å²) in [6, 6.07) is 25.6. The highest BCUT2D eigenvalue weighted by Crippen LogP contribution is 2.45. The van der Waals surface area contributed by atoms with E-state index in [2.05, 4.69) is 12.1 Å². The monoisotopic (exact) mass is 386 g/mol. The number of benzene rings is 3. The Balaban J connectivity index is 1.51. The van der Waals surface area contributed by atoms with Crippen LogP contribution in [0.2, 0.25) is 0 Å². The fourth-order valence-corrected chi connectivity index (χ4v) is 4.18. The number of hydrogen-bond donors (Lipinski definition) is 2. The molecule has 4 rings (SSSR count). The molecule has 2 atom stereocenters. The van der Waals surface area contributed by atoms with E-state index in [1.165, 1.54) is 0 Å². The van der Waals surface area contributed by atoms with Crippen LogP contribution in [-0.2, 0) is 17.8 Å². The maximum atomic E-state index is 13.1. The molecule has 0 saturated carbocycles. The fraction of sp³-hybridized carbons (Fsp3) is 0.240. The number of rotatable bonds is 7. The van der Waals surface area contributed by atoms with Gasteiger partial charge >= 0.3 is 0 Å². The summed E-state index contributed by atoms with van der Waals surface area (Å²) < 4.78 is 0. The Morgan fingerprint density at radius 2 is 1.66 bits per heavy atom. The van der Waals surface area contributed by atoms with Crippen molar-refractivity contribution < 1.29 is 9.90 Å². The molecule has 4 nitrogen and oxygen atoms in total. The van der Waals surface area contributed by atoms with Crippen molar-refractivity contribution in [2.24, 2.45) is 11.7 Å². The molecular weight excluding hydrogens is 360 g/mol. The van der Waals surface area contributed by atoms with Gasteiger partial charge in [0.25, 0.3) is 0 Å². The third-order valence-corrected chi connectivity index (χ3v) is 5.70. The van der Waals surface area contributed by atoms with Gasteiger partial charge in [0.1, 0.15) is 5.75 Å². The lowest BCUT2D eigenvalue weighted by atomic mass is 9.78. The van der Waals surface area contributed by atoms with E-state index in [4.69, 9.17) is 5.73 Å². The zero-order valence-corrected chi connectivity index (χ0v) is 16.4. The van der Waals surface area contributed by atoms with Crippen LogP contribution < -0.4 is 10.6 Å². The van der Waals surface area contributed by atoms with Crippen LogP contribution in [0, 0.1) is 5.92 Å². The van der Waals surface area contributed by atoms with Crippen LogP contribution in [0.4, 0.5) is 5.69 Å². The molecule has 29 heavy (non-hydrogen) atoms. The van der Waals surface area contributed by atoms with E-state index < -0.39 is 0 Å². The van der Waals surface area contributed by atoms with Crippen LogP contribution in [-0.4, -0.2) is 11.0 Å². The van der Waals surface area contributed by atoms with Crippen LogP contribution >= 0.6 is 0 Å². The Morgan fingerprint density at radius 3 is 2.34 bits per heavy atom. The van der Waals surface area contributed by atoms with Gasteiger partial charge in [0.15, 0.2) is 0 Å². The van der Waals surface area contributed by atoms with E-state index in [0.29, 0.717) is 6.54 Å². The molecule has 3 N–H and O–H groups in total. The van der Waals surface area contributed by atoms with Crippen LogP contribution in [0.3, 0.4) is 0 Å². The minimum atomic E-state index is -0.0242. The van der Waals surface area contributed by atoms with Crippen LogP contribution in [0.1, 0.15) is 35.6 Å². The second-order valence-corrected chi connectivity index (χ2v) is 7.60. The molecule has 1 heterocycles. The smallest absolute Gasteiger partial charge is 0.233 e. The number of amides is 1. The van der Waals surface area contributed by atoms with Gasteiger partial charge in [0.2, 0.25) is 5.91 Å². The highest BCUT2D eigenvalue weighted by Gasteiger charge is 2.48. The maximum Gasteiger partial charge on any atom is 0.233 e. The van der Waals surface area contributed by atoms with Crippen LogP contribution in [0.5, 0.6) is 5.75 Å². The van der Waals surface area contributed by atoms with Gasteiger partial charge in [0.05, 0.1) is 12.0 Å². The van der Waals surface area contributed by atoms with Crippen molar-refractivity contribution >= 4 is 11.6 Å². The van der Waals surface area contributed by atoms with Gasteiger partial charge < -0.3 is 15.7 Å². The number of phenols is 1. The zero-order chi connectivity index (χ0) is 20.2. The predicted molar refractivity (Wildman–Crippen MR) is 116 cm³/mol. The number of aromatic hydroxyl groups is 1. The van der Waals surface area contributed by atoms with Gasteiger partial charge in [-0.3, -0.25) is 4.79 Å². The summed E-state index contributed by atoms with van der Waals surface area (Å²) in [6.07, 6.45) is 2.58. The van der Waals surface area contributed by atoms with Crippen LogP contribution in [0.25, 0.3) is 0 Å². The number of carbonyl (C=O) groups is 1. The van der Waals surface area contributed by atoms with Gasteiger partial charge in [-0.05, 0) is 60.2 Å². The molecule has 1 saturated heterocycles. The lowest BCUT2D eigenvalue weighted by Crippen LogP contribution is -2.55. The molecule has 1 aliphatic rings. The number of anilines is 1. The van der Waals surface area contributed by atoms with E-state index in [9.17, 15) is 9.90 Å². The SMILES string of the molecule is NCc1ccc(N2C(=O)C(CCCc3cccc(O)c3)C2c2ccccc2)cc1. The van der Waals surface area contributed by atoms with Crippen molar-refractivity contribution in [3.63, 3.8) is 0 Å². The summed E-state index contributed by atoms with van der Waals surface area (Å²) in [6.45, 7) is 0.494. The average Bonchev–Trinajstić information content (AvgIpc) is 2.75. The molecule has 0 radical (unpaired) electrons. The van der Waals surface area contributed by atoms with Crippen molar-refractivity contribution in [3.8, 4) is 5.75 Å². The van der Waals surface area contributed by atoms with Crippen molar-refractivity contribution in [2.45, 2.75) is 31.8 Å². The van der Waals surface area contributed by atoms with Crippen molar-refractivity contribution in [2.75, 3.05) is 4.90 Å². The molecular formula is C25H26N2O2. The lowest BCUT2D eigenvalue weighted by molar-refractivity contribution is -0.130. The summed E-state index contributed by atoms with van der Waals surface area (Å²) in [5.41, 5.74) is 9.95. The van der Waals surface area contributed by atoms with Crippen molar-refractivity contribution in [3.05, 3.63) is 95.6 Å². The summed E-state index contributed by atoms with van der Waals surface area (Å²) in [7, 11) is 0. The first-order valence-electron chi connectivity index (χ1n) is 10.1. The molecule has 0 aliphatic carbocycles. The molecule has 3 aromatic rings. The van der Waals surface area contributed by atoms with Gasteiger partial charge in [-0.1, -0.05) is 54.6 Å². The van der Waals surface area contributed by atoms with Gasteiger partial charge in [0, 0.05) is 12.2 Å². The summed E-state index contributed by atoms with van der Waals surface area (Å²) in [4.78, 5) is 15.0. The minimum Gasteiger partial charge on any atom is -0.508 e. The Bertz CT molecular complexity index is 970. The van der Waals surface area contributed by atoms with Gasteiger partial charge in [-0.25, -0.2) is 0 Å². The first kappa shape index (κ1) is 19.2. The third-order valence-electron chi connectivity index (χ3n) is 5.70. The minimum absolute atomic E-state index is 0.0242. The van der Waals surface area contributed by atoms with Crippen molar-refractivity contribution in [1.82, 2.24) is 0 Å². The largest absolute Gasteiger partial charge is 0.508 e. The first-order chi connectivity index (χ1) is 14.2. The molecule has 1 fully saturated rings. The van der Waals surface area contributed by atoms with E-state index in [1.54, 1.807) is 12.1 Å². The fourth-order valence-electron chi connectivity index (χ4n) is 4.18. The molecule has 1 aliphatic heterocycles. The van der Waals surface area contributed by atoms with E-state index in [-0.39, 0.29) is 23.6 Å². The molecule has 0 aromatic heterocycles. The number of hydrogen-bond acceptors (Lipinski definition) is 3. The van der Waals surface area contributed by atoms with E-state index in [1.807, 2.05) is 59.5 Å². The molecule has 2 unspecified atom stereocenters. The maximum absolute atomic E-state index is 13.1. The van der Waals surface area contributed by atoms with Crippen molar-refractivity contribution in [1.29, 1.82) is 0 Å². The number of carbonyl (C=O) groups excluding carboxylic acids is 1. The summed E-state index contributed by atoms with van der Waals surface area (Å²) >= 11 is 0. The molecule has 4 heteroatoms. The molecule has 1 amide bonds. The zero-order valence-electron chi connectivity index (χ0n) is 16.4. The highest BCUT2D eigenvalue weighted by molar-refractivity contribution is 6.03.